The monoisotopic (exact) mass is 249 g/mol. The van der Waals surface area contributed by atoms with Gasteiger partial charge in [0.2, 0.25) is 5.88 Å². The lowest BCUT2D eigenvalue weighted by molar-refractivity contribution is 0.232. The van der Waals surface area contributed by atoms with Crippen molar-refractivity contribution in [3.05, 3.63) is 12.4 Å². The highest BCUT2D eigenvalue weighted by molar-refractivity contribution is 5.38. The molecular formula is C14H23N3O. The molecule has 0 atom stereocenters. The van der Waals surface area contributed by atoms with Gasteiger partial charge in [-0.2, -0.15) is 0 Å². The fourth-order valence-corrected chi connectivity index (χ4v) is 2.34. The largest absolute Gasteiger partial charge is 0.475 e. The minimum absolute atomic E-state index is 0.142. The van der Waals surface area contributed by atoms with Gasteiger partial charge in [0.15, 0.2) is 0 Å². The van der Waals surface area contributed by atoms with Crippen LogP contribution in [0.2, 0.25) is 0 Å². The number of aromatic nitrogens is 2. The van der Waals surface area contributed by atoms with Gasteiger partial charge in [-0.25, -0.2) is 9.97 Å². The average molecular weight is 249 g/mol. The van der Waals surface area contributed by atoms with Crippen LogP contribution >= 0.6 is 0 Å². The summed E-state index contributed by atoms with van der Waals surface area (Å²) in [6, 6.07) is 2.43. The first-order valence-corrected chi connectivity index (χ1v) is 6.88. The zero-order chi connectivity index (χ0) is 13.0. The lowest BCUT2D eigenvalue weighted by atomic mass is 9.87. The summed E-state index contributed by atoms with van der Waals surface area (Å²) in [7, 11) is 0. The number of anilines is 1. The van der Waals surface area contributed by atoms with E-state index in [0.29, 0.717) is 11.9 Å². The molecule has 0 unspecified atom stereocenters. The maximum Gasteiger partial charge on any atom is 0.218 e. The molecule has 18 heavy (non-hydrogen) atoms. The van der Waals surface area contributed by atoms with Crippen molar-refractivity contribution in [3.63, 3.8) is 0 Å². The molecule has 1 fully saturated rings. The van der Waals surface area contributed by atoms with Gasteiger partial charge in [-0.15, -0.1) is 0 Å². The smallest absolute Gasteiger partial charge is 0.218 e. The Hall–Kier alpha value is -1.32. The molecule has 1 aromatic rings. The molecule has 0 amide bonds. The Kier molecular flexibility index (Phi) is 4.39. The van der Waals surface area contributed by atoms with Crippen LogP contribution < -0.4 is 10.1 Å². The summed E-state index contributed by atoms with van der Waals surface area (Å²) in [5, 5.41) is 3.48. The third-order valence-electron chi connectivity index (χ3n) is 3.37. The van der Waals surface area contributed by atoms with Gasteiger partial charge >= 0.3 is 0 Å². The van der Waals surface area contributed by atoms with Crippen molar-refractivity contribution < 1.29 is 4.74 Å². The van der Waals surface area contributed by atoms with Gasteiger partial charge in [-0.05, 0) is 45.4 Å². The van der Waals surface area contributed by atoms with Crippen LogP contribution in [0.25, 0.3) is 0 Å². The van der Waals surface area contributed by atoms with Crippen molar-refractivity contribution in [1.29, 1.82) is 0 Å². The predicted octanol–water partition coefficient (Wildman–Crippen LogP) is 3.25. The molecule has 1 N–H and O–H groups in total. The third-order valence-corrected chi connectivity index (χ3v) is 3.37. The average Bonchev–Trinajstić information content (AvgIpc) is 2.32. The predicted molar refractivity (Wildman–Crippen MR) is 72.8 cm³/mol. The van der Waals surface area contributed by atoms with Crippen molar-refractivity contribution in [2.24, 2.45) is 5.92 Å². The van der Waals surface area contributed by atoms with Crippen LogP contribution in [0.3, 0.4) is 0 Å². The van der Waals surface area contributed by atoms with Gasteiger partial charge in [0.25, 0.3) is 0 Å². The van der Waals surface area contributed by atoms with Gasteiger partial charge in [0.05, 0.1) is 6.10 Å². The van der Waals surface area contributed by atoms with Crippen LogP contribution in [-0.2, 0) is 0 Å². The van der Waals surface area contributed by atoms with Crippen molar-refractivity contribution in [2.45, 2.75) is 58.6 Å². The summed E-state index contributed by atoms with van der Waals surface area (Å²) in [5.41, 5.74) is 0. The lowest BCUT2D eigenvalue weighted by Gasteiger charge is -2.27. The SMILES string of the molecule is CC1CCC(Nc2cc(OC(C)C)ncn2)CC1. The number of rotatable bonds is 4. The standard InChI is InChI=1S/C14H23N3O/c1-10(2)18-14-8-13(15-9-16-14)17-12-6-4-11(3)5-7-12/h8-12H,4-7H2,1-3H3,(H,15,16,17). The van der Waals surface area contributed by atoms with Crippen LogP contribution in [0.5, 0.6) is 5.88 Å². The topological polar surface area (TPSA) is 47.0 Å². The van der Waals surface area contributed by atoms with Crippen LogP contribution in [0.1, 0.15) is 46.5 Å². The Labute approximate surface area is 109 Å². The molecule has 0 aromatic carbocycles. The zero-order valence-corrected chi connectivity index (χ0v) is 11.5. The van der Waals surface area contributed by atoms with Crippen LogP contribution in [0.15, 0.2) is 12.4 Å². The van der Waals surface area contributed by atoms with Gasteiger partial charge in [-0.3, -0.25) is 0 Å². The molecule has 0 saturated heterocycles. The number of hydrogen-bond acceptors (Lipinski definition) is 4. The van der Waals surface area contributed by atoms with E-state index in [1.165, 1.54) is 25.7 Å². The molecule has 1 heterocycles. The third kappa shape index (κ3) is 3.86. The van der Waals surface area contributed by atoms with Gasteiger partial charge in [0.1, 0.15) is 12.1 Å². The van der Waals surface area contributed by atoms with Crippen LogP contribution in [0, 0.1) is 5.92 Å². The van der Waals surface area contributed by atoms with Crippen molar-refractivity contribution in [2.75, 3.05) is 5.32 Å². The number of nitrogens with zero attached hydrogens (tertiary/aromatic N) is 2. The molecule has 0 radical (unpaired) electrons. The first-order valence-electron chi connectivity index (χ1n) is 6.88. The Balaban J connectivity index is 1.92. The molecular weight excluding hydrogens is 226 g/mol. The maximum atomic E-state index is 5.57. The Morgan fingerprint density at radius 3 is 2.61 bits per heavy atom. The maximum absolute atomic E-state index is 5.57. The van der Waals surface area contributed by atoms with E-state index in [1.54, 1.807) is 6.33 Å². The Bertz CT molecular complexity index is 373. The fraction of sp³-hybridized carbons (Fsp3) is 0.714. The molecule has 2 rings (SSSR count). The van der Waals surface area contributed by atoms with Gasteiger partial charge in [0, 0.05) is 12.1 Å². The highest BCUT2D eigenvalue weighted by Gasteiger charge is 2.18. The van der Waals surface area contributed by atoms with Crippen molar-refractivity contribution >= 4 is 5.82 Å². The molecule has 4 heteroatoms. The number of ether oxygens (including phenoxy) is 1. The molecule has 1 aromatic heterocycles. The molecule has 1 aliphatic rings. The number of hydrogen-bond donors (Lipinski definition) is 1. The van der Waals surface area contributed by atoms with Gasteiger partial charge in [-0.1, -0.05) is 6.92 Å². The highest BCUT2D eigenvalue weighted by atomic mass is 16.5. The van der Waals surface area contributed by atoms with Crippen molar-refractivity contribution in [3.8, 4) is 5.88 Å². The molecule has 100 valence electrons. The Morgan fingerprint density at radius 1 is 1.22 bits per heavy atom. The van der Waals surface area contributed by atoms with Gasteiger partial charge < -0.3 is 10.1 Å². The van der Waals surface area contributed by atoms with E-state index in [1.807, 2.05) is 19.9 Å². The summed E-state index contributed by atoms with van der Waals surface area (Å²) in [6.45, 7) is 6.32. The van der Waals surface area contributed by atoms with E-state index in [2.05, 4.69) is 22.2 Å². The molecule has 1 saturated carbocycles. The molecule has 1 aliphatic carbocycles. The second kappa shape index (κ2) is 6.03. The quantitative estimate of drug-likeness (QED) is 0.889. The molecule has 0 aliphatic heterocycles. The minimum Gasteiger partial charge on any atom is -0.475 e. The molecule has 0 spiro atoms. The first kappa shape index (κ1) is 13.1. The van der Waals surface area contributed by atoms with Crippen LogP contribution in [0.4, 0.5) is 5.82 Å². The summed E-state index contributed by atoms with van der Waals surface area (Å²) >= 11 is 0. The van der Waals surface area contributed by atoms with E-state index >= 15 is 0 Å². The second-order valence-electron chi connectivity index (χ2n) is 5.51. The second-order valence-corrected chi connectivity index (χ2v) is 5.51. The normalized spacial score (nSPS) is 24.0. The van der Waals surface area contributed by atoms with E-state index in [0.717, 1.165) is 11.7 Å². The highest BCUT2D eigenvalue weighted by Crippen LogP contribution is 2.26. The minimum atomic E-state index is 0.142. The van der Waals surface area contributed by atoms with E-state index < -0.39 is 0 Å². The summed E-state index contributed by atoms with van der Waals surface area (Å²) in [5.74, 6) is 2.39. The summed E-state index contributed by atoms with van der Waals surface area (Å²) in [6.07, 6.45) is 6.77. The van der Waals surface area contributed by atoms with E-state index in [4.69, 9.17) is 4.74 Å². The lowest BCUT2D eigenvalue weighted by Crippen LogP contribution is -2.25. The van der Waals surface area contributed by atoms with Crippen molar-refractivity contribution in [1.82, 2.24) is 9.97 Å². The summed E-state index contributed by atoms with van der Waals surface area (Å²) < 4.78 is 5.57. The van der Waals surface area contributed by atoms with E-state index in [9.17, 15) is 0 Å². The zero-order valence-electron chi connectivity index (χ0n) is 11.5. The molecule has 0 bridgehead atoms. The number of nitrogens with one attached hydrogen (secondary N) is 1. The fourth-order valence-electron chi connectivity index (χ4n) is 2.34. The first-order chi connectivity index (χ1) is 8.63. The Morgan fingerprint density at radius 2 is 1.94 bits per heavy atom. The van der Waals surface area contributed by atoms with Crippen LogP contribution in [-0.4, -0.2) is 22.1 Å². The molecule has 4 nitrogen and oxygen atoms in total. The summed E-state index contributed by atoms with van der Waals surface area (Å²) in [4.78, 5) is 8.37. The van der Waals surface area contributed by atoms with E-state index in [-0.39, 0.29) is 6.10 Å².